The largest absolute Gasteiger partial charge is 0.397 e. The van der Waals surface area contributed by atoms with E-state index in [0.717, 1.165) is 11.1 Å². The zero-order chi connectivity index (χ0) is 21.6. The van der Waals surface area contributed by atoms with Gasteiger partial charge in [-0.3, -0.25) is 4.79 Å². The second kappa shape index (κ2) is 8.91. The van der Waals surface area contributed by atoms with Crippen LogP contribution in [0, 0.1) is 0 Å². The molecular weight excluding hydrogens is 390 g/mol. The van der Waals surface area contributed by atoms with Crippen molar-refractivity contribution in [3.8, 4) is 11.3 Å². The summed E-state index contributed by atoms with van der Waals surface area (Å²) in [6.45, 7) is 0.534. The molecule has 154 valence electrons. The van der Waals surface area contributed by atoms with E-state index in [4.69, 9.17) is 11.5 Å². The fourth-order valence-corrected chi connectivity index (χ4v) is 3.01. The Morgan fingerprint density at radius 2 is 1.71 bits per heavy atom. The summed E-state index contributed by atoms with van der Waals surface area (Å²) in [5.74, 6) is 0.861. The molecule has 0 aliphatic heterocycles. The Labute approximate surface area is 179 Å². The van der Waals surface area contributed by atoms with E-state index in [1.807, 2.05) is 42.5 Å². The first-order valence-corrected chi connectivity index (χ1v) is 9.62. The number of anilines is 4. The van der Waals surface area contributed by atoms with Crippen LogP contribution in [-0.2, 0) is 6.54 Å². The maximum Gasteiger partial charge on any atom is 0.255 e. The molecule has 31 heavy (non-hydrogen) atoms. The number of benzene rings is 2. The van der Waals surface area contributed by atoms with Crippen molar-refractivity contribution in [1.82, 2.24) is 15.0 Å². The minimum atomic E-state index is -0.216. The van der Waals surface area contributed by atoms with Gasteiger partial charge >= 0.3 is 0 Å². The van der Waals surface area contributed by atoms with Crippen LogP contribution in [-0.4, -0.2) is 20.9 Å². The topological polar surface area (TPSA) is 132 Å². The quantitative estimate of drug-likeness (QED) is 0.357. The number of hydrogen-bond acceptors (Lipinski definition) is 7. The van der Waals surface area contributed by atoms with Gasteiger partial charge in [-0.05, 0) is 42.0 Å². The monoisotopic (exact) mass is 411 g/mol. The van der Waals surface area contributed by atoms with Crippen molar-refractivity contribution in [1.29, 1.82) is 0 Å². The van der Waals surface area contributed by atoms with Crippen LogP contribution >= 0.6 is 0 Å². The molecule has 0 unspecified atom stereocenters. The van der Waals surface area contributed by atoms with E-state index in [1.165, 1.54) is 6.33 Å². The lowest BCUT2D eigenvalue weighted by Gasteiger charge is -2.10. The van der Waals surface area contributed by atoms with E-state index >= 15 is 0 Å². The number of nitrogen functional groups attached to an aromatic ring is 2. The SMILES string of the molecule is Nc1ccccc1NC(=O)c1ccc(CNc2cc(-c3cccnc3N)ncn2)cc1. The predicted octanol–water partition coefficient (Wildman–Crippen LogP) is 3.57. The Kier molecular flexibility index (Phi) is 5.70. The van der Waals surface area contributed by atoms with Gasteiger partial charge < -0.3 is 22.1 Å². The first-order chi connectivity index (χ1) is 15.1. The van der Waals surface area contributed by atoms with Crippen molar-refractivity contribution in [2.75, 3.05) is 22.1 Å². The van der Waals surface area contributed by atoms with Gasteiger partial charge in [-0.1, -0.05) is 24.3 Å². The molecular formula is C23H21N7O. The van der Waals surface area contributed by atoms with Gasteiger partial charge in [-0.15, -0.1) is 0 Å². The van der Waals surface area contributed by atoms with Gasteiger partial charge in [0, 0.05) is 29.9 Å². The van der Waals surface area contributed by atoms with E-state index in [-0.39, 0.29) is 5.91 Å². The molecule has 6 N–H and O–H groups in total. The number of nitrogens with zero attached hydrogens (tertiary/aromatic N) is 3. The molecule has 0 bridgehead atoms. The second-order valence-corrected chi connectivity index (χ2v) is 6.82. The molecule has 8 heteroatoms. The van der Waals surface area contributed by atoms with Crippen LogP contribution in [0.15, 0.2) is 79.3 Å². The van der Waals surface area contributed by atoms with E-state index in [0.29, 0.717) is 40.8 Å². The van der Waals surface area contributed by atoms with Crippen LogP contribution in [0.3, 0.4) is 0 Å². The number of carbonyl (C=O) groups excluding carboxylic acids is 1. The number of carbonyl (C=O) groups is 1. The molecule has 8 nitrogen and oxygen atoms in total. The summed E-state index contributed by atoms with van der Waals surface area (Å²) in [7, 11) is 0. The Morgan fingerprint density at radius 3 is 2.48 bits per heavy atom. The third-order valence-electron chi connectivity index (χ3n) is 4.68. The Balaban J connectivity index is 1.40. The lowest BCUT2D eigenvalue weighted by Crippen LogP contribution is -2.13. The van der Waals surface area contributed by atoms with Gasteiger partial charge in [0.1, 0.15) is 18.0 Å². The molecule has 0 aliphatic rings. The van der Waals surface area contributed by atoms with Crippen LogP contribution in [0.5, 0.6) is 0 Å². The fraction of sp³-hybridized carbons (Fsp3) is 0.0435. The van der Waals surface area contributed by atoms with Crippen LogP contribution in [0.25, 0.3) is 11.3 Å². The van der Waals surface area contributed by atoms with Crippen molar-refractivity contribution in [2.45, 2.75) is 6.54 Å². The standard InChI is InChI=1S/C23H21N7O/c24-18-5-1-2-6-19(18)30-23(31)16-9-7-15(8-10-16)13-27-21-12-20(28-14-29-21)17-4-3-11-26-22(17)25/h1-12,14H,13,24H2,(H2,25,26)(H,30,31)(H,27,28,29). The number of amides is 1. The third kappa shape index (κ3) is 4.76. The van der Waals surface area contributed by atoms with Crippen molar-refractivity contribution < 1.29 is 4.79 Å². The Morgan fingerprint density at radius 1 is 0.903 bits per heavy atom. The van der Waals surface area contributed by atoms with Crippen LogP contribution in [0.4, 0.5) is 23.0 Å². The maximum atomic E-state index is 12.4. The summed E-state index contributed by atoms with van der Waals surface area (Å²) in [5.41, 5.74) is 15.9. The maximum absolute atomic E-state index is 12.4. The van der Waals surface area contributed by atoms with Gasteiger partial charge in [-0.2, -0.15) is 0 Å². The molecule has 2 aromatic heterocycles. The highest BCUT2D eigenvalue weighted by atomic mass is 16.1. The van der Waals surface area contributed by atoms with Crippen molar-refractivity contribution in [3.05, 3.63) is 90.4 Å². The van der Waals surface area contributed by atoms with Gasteiger partial charge in [0.05, 0.1) is 17.1 Å². The number of nitrogens with one attached hydrogen (secondary N) is 2. The molecule has 4 aromatic rings. The Hall–Kier alpha value is -4.46. The smallest absolute Gasteiger partial charge is 0.255 e. The zero-order valence-electron chi connectivity index (χ0n) is 16.6. The molecule has 2 heterocycles. The molecule has 0 saturated heterocycles. The first kappa shape index (κ1) is 19.8. The number of rotatable bonds is 6. The van der Waals surface area contributed by atoms with Gasteiger partial charge in [-0.25, -0.2) is 15.0 Å². The summed E-state index contributed by atoms with van der Waals surface area (Å²) >= 11 is 0. The molecule has 1 amide bonds. The van der Waals surface area contributed by atoms with Crippen LogP contribution in [0.2, 0.25) is 0 Å². The molecule has 4 rings (SSSR count). The summed E-state index contributed by atoms with van der Waals surface area (Å²) in [5, 5.41) is 6.08. The van der Waals surface area contributed by atoms with E-state index in [1.54, 1.807) is 30.5 Å². The van der Waals surface area contributed by atoms with Gasteiger partial charge in [0.15, 0.2) is 0 Å². The average Bonchev–Trinajstić information content (AvgIpc) is 2.80. The summed E-state index contributed by atoms with van der Waals surface area (Å²) in [4.78, 5) is 25.1. The highest BCUT2D eigenvalue weighted by Gasteiger charge is 2.09. The van der Waals surface area contributed by atoms with Crippen molar-refractivity contribution in [2.24, 2.45) is 0 Å². The van der Waals surface area contributed by atoms with Crippen LogP contribution < -0.4 is 22.1 Å². The third-order valence-corrected chi connectivity index (χ3v) is 4.68. The first-order valence-electron chi connectivity index (χ1n) is 9.62. The van der Waals surface area contributed by atoms with Gasteiger partial charge in [0.25, 0.3) is 5.91 Å². The lowest BCUT2D eigenvalue weighted by molar-refractivity contribution is 0.102. The molecule has 2 aromatic carbocycles. The minimum absolute atomic E-state index is 0.216. The zero-order valence-corrected chi connectivity index (χ0v) is 16.6. The highest BCUT2D eigenvalue weighted by molar-refractivity contribution is 6.05. The van der Waals surface area contributed by atoms with Crippen molar-refractivity contribution >= 4 is 28.9 Å². The Bertz CT molecular complexity index is 1210. The normalized spacial score (nSPS) is 10.5. The molecule has 0 radical (unpaired) electrons. The van der Waals surface area contributed by atoms with Gasteiger partial charge in [0.2, 0.25) is 0 Å². The number of para-hydroxylation sites is 2. The molecule has 0 aliphatic carbocycles. The molecule has 0 saturated carbocycles. The average molecular weight is 411 g/mol. The molecule has 0 atom stereocenters. The summed E-state index contributed by atoms with van der Waals surface area (Å²) in [6, 6.07) is 20.0. The second-order valence-electron chi connectivity index (χ2n) is 6.82. The number of hydrogen-bond donors (Lipinski definition) is 4. The van der Waals surface area contributed by atoms with E-state index in [9.17, 15) is 4.79 Å². The number of aromatic nitrogens is 3. The number of pyridine rings is 1. The lowest BCUT2D eigenvalue weighted by atomic mass is 10.1. The van der Waals surface area contributed by atoms with E-state index in [2.05, 4.69) is 25.6 Å². The summed E-state index contributed by atoms with van der Waals surface area (Å²) < 4.78 is 0. The van der Waals surface area contributed by atoms with E-state index < -0.39 is 0 Å². The molecule has 0 spiro atoms. The summed E-state index contributed by atoms with van der Waals surface area (Å²) in [6.07, 6.45) is 3.12. The fourth-order valence-electron chi connectivity index (χ4n) is 3.01. The number of nitrogens with two attached hydrogens (primary N) is 2. The minimum Gasteiger partial charge on any atom is -0.397 e. The highest BCUT2D eigenvalue weighted by Crippen LogP contribution is 2.23. The van der Waals surface area contributed by atoms with Crippen LogP contribution in [0.1, 0.15) is 15.9 Å². The van der Waals surface area contributed by atoms with Crippen molar-refractivity contribution in [3.63, 3.8) is 0 Å². The molecule has 0 fully saturated rings. The predicted molar refractivity (Wildman–Crippen MR) is 122 cm³/mol.